The van der Waals surface area contributed by atoms with Crippen molar-refractivity contribution in [3.05, 3.63) is 42.6 Å². The second-order valence-corrected chi connectivity index (χ2v) is 3.29. The average Bonchev–Trinajstić information content (AvgIpc) is 2.39. The molecule has 0 spiro atoms. The number of nitrogens with zero attached hydrogens (tertiary/aromatic N) is 1. The molecular weight excluding hydrogens is 202 g/mol. The molecule has 1 aromatic heterocycles. The van der Waals surface area contributed by atoms with E-state index in [9.17, 15) is 0 Å². The molecule has 0 unspecified atom stereocenters. The molecule has 0 N–H and O–H groups in total. The molecule has 0 saturated carbocycles. The van der Waals surface area contributed by atoms with Gasteiger partial charge in [-0.2, -0.15) is 0 Å². The van der Waals surface area contributed by atoms with Gasteiger partial charge in [0.25, 0.3) is 0 Å². The van der Waals surface area contributed by atoms with Crippen LogP contribution in [0.5, 0.6) is 11.6 Å². The van der Waals surface area contributed by atoms with Crippen LogP contribution in [0.3, 0.4) is 0 Å². The molecule has 0 saturated heterocycles. The number of methoxy groups -OCH3 is 2. The lowest BCUT2D eigenvalue weighted by Gasteiger charge is -2.09. The van der Waals surface area contributed by atoms with Crippen LogP contribution in [-0.4, -0.2) is 19.2 Å². The number of ether oxygens (including phenoxy) is 2. The molecule has 2 rings (SSSR count). The number of benzene rings is 1. The predicted octanol–water partition coefficient (Wildman–Crippen LogP) is 2.77. The molecule has 0 aliphatic heterocycles. The summed E-state index contributed by atoms with van der Waals surface area (Å²) in [7, 11) is 3.23. The normalized spacial score (nSPS) is 9.88. The van der Waals surface area contributed by atoms with Gasteiger partial charge in [-0.25, -0.2) is 4.98 Å². The van der Waals surface area contributed by atoms with Gasteiger partial charge in [-0.3, -0.25) is 0 Å². The smallest absolute Gasteiger partial charge is 0.216 e. The van der Waals surface area contributed by atoms with E-state index in [1.807, 2.05) is 30.3 Å². The fourth-order valence-electron chi connectivity index (χ4n) is 1.53. The zero-order valence-corrected chi connectivity index (χ0v) is 9.31. The highest BCUT2D eigenvalue weighted by atomic mass is 16.5. The standard InChI is InChI=1S/C13H13NO2/c1-15-12-8-13(16-2)14-9-11(12)10-6-4-3-5-7-10/h3-9H,1-2H3. The van der Waals surface area contributed by atoms with E-state index >= 15 is 0 Å². The van der Waals surface area contributed by atoms with Crippen LogP contribution in [0.2, 0.25) is 0 Å². The van der Waals surface area contributed by atoms with E-state index in [-0.39, 0.29) is 0 Å². The summed E-state index contributed by atoms with van der Waals surface area (Å²) in [5, 5.41) is 0. The molecular formula is C13H13NO2. The first kappa shape index (κ1) is 10.5. The lowest BCUT2D eigenvalue weighted by molar-refractivity contribution is 0.383. The van der Waals surface area contributed by atoms with E-state index in [0.29, 0.717) is 5.88 Å². The Morgan fingerprint density at radius 2 is 1.75 bits per heavy atom. The summed E-state index contributed by atoms with van der Waals surface area (Å²) in [5.74, 6) is 1.31. The minimum Gasteiger partial charge on any atom is -0.496 e. The fourth-order valence-corrected chi connectivity index (χ4v) is 1.53. The van der Waals surface area contributed by atoms with Crippen LogP contribution < -0.4 is 9.47 Å². The minimum absolute atomic E-state index is 0.552. The molecule has 0 aliphatic rings. The number of aromatic nitrogens is 1. The molecule has 0 radical (unpaired) electrons. The third-order valence-corrected chi connectivity index (χ3v) is 2.35. The Kier molecular flexibility index (Phi) is 3.05. The lowest BCUT2D eigenvalue weighted by Crippen LogP contribution is -1.92. The van der Waals surface area contributed by atoms with E-state index in [1.54, 1.807) is 26.5 Å². The van der Waals surface area contributed by atoms with Crippen molar-refractivity contribution in [3.8, 4) is 22.8 Å². The Bertz CT molecular complexity index is 469. The van der Waals surface area contributed by atoms with Gasteiger partial charge >= 0.3 is 0 Å². The third-order valence-electron chi connectivity index (χ3n) is 2.35. The monoisotopic (exact) mass is 215 g/mol. The van der Waals surface area contributed by atoms with Gasteiger partial charge in [0.15, 0.2) is 0 Å². The van der Waals surface area contributed by atoms with Crippen LogP contribution in [0.1, 0.15) is 0 Å². The van der Waals surface area contributed by atoms with Gasteiger partial charge in [0, 0.05) is 17.8 Å². The Hall–Kier alpha value is -2.03. The van der Waals surface area contributed by atoms with Crippen molar-refractivity contribution in [2.24, 2.45) is 0 Å². The van der Waals surface area contributed by atoms with E-state index in [1.165, 1.54) is 0 Å². The summed E-state index contributed by atoms with van der Waals surface area (Å²) in [4.78, 5) is 4.18. The van der Waals surface area contributed by atoms with Crippen LogP contribution in [0.4, 0.5) is 0 Å². The molecule has 16 heavy (non-hydrogen) atoms. The lowest BCUT2D eigenvalue weighted by atomic mass is 10.1. The van der Waals surface area contributed by atoms with Gasteiger partial charge in [-0.05, 0) is 5.56 Å². The SMILES string of the molecule is COc1cc(OC)c(-c2ccccc2)cn1. The second kappa shape index (κ2) is 4.66. The average molecular weight is 215 g/mol. The van der Waals surface area contributed by atoms with Crippen molar-refractivity contribution in [3.63, 3.8) is 0 Å². The largest absolute Gasteiger partial charge is 0.496 e. The highest BCUT2D eigenvalue weighted by Crippen LogP contribution is 2.31. The summed E-state index contributed by atoms with van der Waals surface area (Å²) in [6.45, 7) is 0. The van der Waals surface area contributed by atoms with Crippen LogP contribution in [-0.2, 0) is 0 Å². The fraction of sp³-hybridized carbons (Fsp3) is 0.154. The third kappa shape index (κ3) is 1.98. The topological polar surface area (TPSA) is 31.4 Å². The predicted molar refractivity (Wildman–Crippen MR) is 62.8 cm³/mol. The first-order valence-corrected chi connectivity index (χ1v) is 4.98. The van der Waals surface area contributed by atoms with Crippen molar-refractivity contribution in [2.45, 2.75) is 0 Å². The van der Waals surface area contributed by atoms with Gasteiger partial charge in [0.2, 0.25) is 5.88 Å². The van der Waals surface area contributed by atoms with Gasteiger partial charge < -0.3 is 9.47 Å². The maximum atomic E-state index is 5.32. The summed E-state index contributed by atoms with van der Waals surface area (Å²) in [6, 6.07) is 11.8. The summed E-state index contributed by atoms with van der Waals surface area (Å²) in [6.07, 6.45) is 1.76. The van der Waals surface area contributed by atoms with Crippen LogP contribution in [0.25, 0.3) is 11.1 Å². The molecule has 3 heteroatoms. The van der Waals surface area contributed by atoms with Crippen LogP contribution in [0, 0.1) is 0 Å². The maximum absolute atomic E-state index is 5.32. The van der Waals surface area contributed by atoms with Crippen molar-refractivity contribution in [1.29, 1.82) is 0 Å². The maximum Gasteiger partial charge on any atom is 0.216 e. The Morgan fingerprint density at radius 1 is 1.00 bits per heavy atom. The van der Waals surface area contributed by atoms with Gasteiger partial charge in [-0.15, -0.1) is 0 Å². The van der Waals surface area contributed by atoms with Crippen molar-refractivity contribution >= 4 is 0 Å². The number of rotatable bonds is 3. The molecule has 0 fully saturated rings. The zero-order valence-electron chi connectivity index (χ0n) is 9.31. The van der Waals surface area contributed by atoms with E-state index < -0.39 is 0 Å². The first-order valence-electron chi connectivity index (χ1n) is 4.98. The van der Waals surface area contributed by atoms with Crippen LogP contribution >= 0.6 is 0 Å². The Morgan fingerprint density at radius 3 is 2.38 bits per heavy atom. The molecule has 1 aromatic carbocycles. The summed E-state index contributed by atoms with van der Waals surface area (Å²) < 4.78 is 10.4. The van der Waals surface area contributed by atoms with E-state index in [0.717, 1.165) is 16.9 Å². The molecule has 0 amide bonds. The zero-order chi connectivity index (χ0) is 11.4. The Balaban J connectivity index is 2.49. The van der Waals surface area contributed by atoms with Crippen molar-refractivity contribution in [2.75, 3.05) is 14.2 Å². The second-order valence-electron chi connectivity index (χ2n) is 3.29. The van der Waals surface area contributed by atoms with Crippen LogP contribution in [0.15, 0.2) is 42.6 Å². The number of hydrogen-bond donors (Lipinski definition) is 0. The first-order chi connectivity index (χ1) is 7.85. The molecule has 0 bridgehead atoms. The molecule has 3 nitrogen and oxygen atoms in total. The van der Waals surface area contributed by atoms with E-state index in [2.05, 4.69) is 4.98 Å². The minimum atomic E-state index is 0.552. The summed E-state index contributed by atoms with van der Waals surface area (Å²) in [5.41, 5.74) is 2.04. The number of pyridine rings is 1. The molecule has 2 aromatic rings. The summed E-state index contributed by atoms with van der Waals surface area (Å²) >= 11 is 0. The Labute approximate surface area is 94.7 Å². The van der Waals surface area contributed by atoms with Gasteiger partial charge in [-0.1, -0.05) is 30.3 Å². The molecule has 1 heterocycles. The highest BCUT2D eigenvalue weighted by molar-refractivity contribution is 5.69. The highest BCUT2D eigenvalue weighted by Gasteiger charge is 2.07. The number of hydrogen-bond acceptors (Lipinski definition) is 3. The van der Waals surface area contributed by atoms with E-state index in [4.69, 9.17) is 9.47 Å². The van der Waals surface area contributed by atoms with Crippen molar-refractivity contribution < 1.29 is 9.47 Å². The molecule has 0 atom stereocenters. The van der Waals surface area contributed by atoms with Gasteiger partial charge in [0.1, 0.15) is 5.75 Å². The molecule has 0 aliphatic carbocycles. The molecule has 82 valence electrons. The quantitative estimate of drug-likeness (QED) is 0.788. The van der Waals surface area contributed by atoms with Crippen molar-refractivity contribution in [1.82, 2.24) is 4.98 Å². The van der Waals surface area contributed by atoms with Gasteiger partial charge in [0.05, 0.1) is 14.2 Å².